The molecule has 5 heteroatoms. The predicted molar refractivity (Wildman–Crippen MR) is 77.2 cm³/mol. The normalized spacial score (nSPS) is 10.2. The van der Waals surface area contributed by atoms with E-state index >= 15 is 0 Å². The summed E-state index contributed by atoms with van der Waals surface area (Å²) in [5.74, 6) is 1.61. The Balaban J connectivity index is 2.03. The smallest absolute Gasteiger partial charge is 0.227 e. The summed E-state index contributed by atoms with van der Waals surface area (Å²) in [6.45, 7) is 6.75. The van der Waals surface area contributed by atoms with E-state index in [0.29, 0.717) is 0 Å². The van der Waals surface area contributed by atoms with Gasteiger partial charge in [-0.2, -0.15) is 4.98 Å². The quantitative estimate of drug-likeness (QED) is 0.860. The molecule has 0 aliphatic heterocycles. The van der Waals surface area contributed by atoms with Gasteiger partial charge in [0.1, 0.15) is 5.82 Å². The number of nitrogens with zero attached hydrogens (tertiary/aromatic N) is 4. The standard InChI is InChI=1S/C14H19N5/c1-3-19(4-2)14-16-10-7-13(18-14)17-11-12-5-8-15-9-6-12/h5-10H,3-4,11H2,1-2H3,(H,16,17,18). The Bertz CT molecular complexity index is 496. The maximum Gasteiger partial charge on any atom is 0.227 e. The minimum Gasteiger partial charge on any atom is -0.366 e. The lowest BCUT2D eigenvalue weighted by molar-refractivity contribution is 0.821. The number of aromatic nitrogens is 3. The molecule has 19 heavy (non-hydrogen) atoms. The fraction of sp³-hybridized carbons (Fsp3) is 0.357. The van der Waals surface area contributed by atoms with Crippen LogP contribution >= 0.6 is 0 Å². The van der Waals surface area contributed by atoms with Crippen molar-refractivity contribution in [1.29, 1.82) is 0 Å². The van der Waals surface area contributed by atoms with Crippen molar-refractivity contribution in [2.75, 3.05) is 23.3 Å². The van der Waals surface area contributed by atoms with E-state index in [0.717, 1.165) is 31.4 Å². The second kappa shape index (κ2) is 6.68. The van der Waals surface area contributed by atoms with Gasteiger partial charge in [0.2, 0.25) is 5.95 Å². The van der Waals surface area contributed by atoms with E-state index in [1.54, 1.807) is 18.6 Å². The maximum atomic E-state index is 4.52. The summed E-state index contributed by atoms with van der Waals surface area (Å²) in [6, 6.07) is 5.85. The number of hydrogen-bond acceptors (Lipinski definition) is 5. The fourth-order valence-electron chi connectivity index (χ4n) is 1.80. The Labute approximate surface area is 113 Å². The van der Waals surface area contributed by atoms with Crippen molar-refractivity contribution in [2.24, 2.45) is 0 Å². The molecule has 0 saturated carbocycles. The van der Waals surface area contributed by atoms with Crippen molar-refractivity contribution < 1.29 is 0 Å². The predicted octanol–water partition coefficient (Wildman–Crippen LogP) is 2.33. The first-order chi connectivity index (χ1) is 9.33. The van der Waals surface area contributed by atoms with Crippen LogP contribution in [0.2, 0.25) is 0 Å². The van der Waals surface area contributed by atoms with Gasteiger partial charge in [-0.25, -0.2) is 4.98 Å². The second-order valence-corrected chi connectivity index (χ2v) is 4.12. The maximum absolute atomic E-state index is 4.52. The zero-order chi connectivity index (χ0) is 13.5. The van der Waals surface area contributed by atoms with Gasteiger partial charge in [-0.15, -0.1) is 0 Å². The Kier molecular flexibility index (Phi) is 4.66. The minimum absolute atomic E-state index is 0.733. The fourth-order valence-corrected chi connectivity index (χ4v) is 1.80. The Morgan fingerprint density at radius 3 is 2.47 bits per heavy atom. The summed E-state index contributed by atoms with van der Waals surface area (Å²) in [4.78, 5) is 14.9. The monoisotopic (exact) mass is 257 g/mol. The highest BCUT2D eigenvalue weighted by atomic mass is 15.3. The lowest BCUT2D eigenvalue weighted by Crippen LogP contribution is -2.24. The third kappa shape index (κ3) is 3.64. The van der Waals surface area contributed by atoms with Crippen LogP contribution < -0.4 is 10.2 Å². The lowest BCUT2D eigenvalue weighted by Gasteiger charge is -2.18. The Morgan fingerprint density at radius 1 is 1.05 bits per heavy atom. The molecule has 5 nitrogen and oxygen atoms in total. The lowest BCUT2D eigenvalue weighted by atomic mass is 10.3. The van der Waals surface area contributed by atoms with Crippen LogP contribution in [0.25, 0.3) is 0 Å². The molecule has 0 radical (unpaired) electrons. The van der Waals surface area contributed by atoms with Gasteiger partial charge in [-0.1, -0.05) is 0 Å². The van der Waals surface area contributed by atoms with Crippen molar-refractivity contribution in [3.63, 3.8) is 0 Å². The SMILES string of the molecule is CCN(CC)c1nccc(NCc2ccncc2)n1. The first kappa shape index (κ1) is 13.3. The summed E-state index contributed by atoms with van der Waals surface area (Å²) >= 11 is 0. The summed E-state index contributed by atoms with van der Waals surface area (Å²) in [5.41, 5.74) is 1.18. The second-order valence-electron chi connectivity index (χ2n) is 4.12. The van der Waals surface area contributed by atoms with Gasteiger partial charge in [-0.05, 0) is 37.6 Å². The van der Waals surface area contributed by atoms with Gasteiger partial charge < -0.3 is 10.2 Å². The van der Waals surface area contributed by atoms with Crippen LogP contribution in [0.3, 0.4) is 0 Å². The molecule has 0 atom stereocenters. The first-order valence-electron chi connectivity index (χ1n) is 6.54. The molecule has 2 heterocycles. The molecule has 2 rings (SSSR count). The molecule has 0 amide bonds. The molecule has 0 unspecified atom stereocenters. The molecular weight excluding hydrogens is 238 g/mol. The van der Waals surface area contributed by atoms with Crippen LogP contribution in [-0.2, 0) is 6.54 Å². The topological polar surface area (TPSA) is 53.9 Å². The molecule has 0 fully saturated rings. The molecule has 0 spiro atoms. The molecular formula is C14H19N5. The summed E-state index contributed by atoms with van der Waals surface area (Å²) in [7, 11) is 0. The number of pyridine rings is 1. The minimum atomic E-state index is 0.733. The van der Waals surface area contributed by atoms with Crippen LogP contribution in [0.15, 0.2) is 36.8 Å². The van der Waals surface area contributed by atoms with Gasteiger partial charge >= 0.3 is 0 Å². The molecule has 2 aromatic rings. The zero-order valence-corrected chi connectivity index (χ0v) is 11.4. The van der Waals surface area contributed by atoms with Gasteiger partial charge in [-0.3, -0.25) is 4.98 Å². The van der Waals surface area contributed by atoms with Crippen LogP contribution in [0.4, 0.5) is 11.8 Å². The summed E-state index contributed by atoms with van der Waals surface area (Å²) < 4.78 is 0. The van der Waals surface area contributed by atoms with Gasteiger partial charge in [0, 0.05) is 38.2 Å². The third-order valence-electron chi connectivity index (χ3n) is 2.91. The van der Waals surface area contributed by atoms with Crippen LogP contribution in [0, 0.1) is 0 Å². The average molecular weight is 257 g/mol. The first-order valence-corrected chi connectivity index (χ1v) is 6.54. The van der Waals surface area contributed by atoms with E-state index in [2.05, 4.69) is 39.0 Å². The van der Waals surface area contributed by atoms with E-state index < -0.39 is 0 Å². The van der Waals surface area contributed by atoms with Crippen LogP contribution in [0.5, 0.6) is 0 Å². The molecule has 0 bridgehead atoms. The van der Waals surface area contributed by atoms with Crippen LogP contribution in [0.1, 0.15) is 19.4 Å². The largest absolute Gasteiger partial charge is 0.366 e. The number of anilines is 2. The van der Waals surface area contributed by atoms with Crippen LogP contribution in [-0.4, -0.2) is 28.0 Å². The Morgan fingerprint density at radius 2 is 1.79 bits per heavy atom. The molecule has 100 valence electrons. The van der Waals surface area contributed by atoms with Crippen molar-refractivity contribution in [2.45, 2.75) is 20.4 Å². The van der Waals surface area contributed by atoms with E-state index in [9.17, 15) is 0 Å². The number of rotatable bonds is 6. The van der Waals surface area contributed by atoms with E-state index in [-0.39, 0.29) is 0 Å². The highest BCUT2D eigenvalue weighted by Crippen LogP contribution is 2.11. The highest BCUT2D eigenvalue weighted by molar-refractivity contribution is 5.41. The molecule has 0 saturated heterocycles. The van der Waals surface area contributed by atoms with E-state index in [1.807, 2.05) is 18.2 Å². The van der Waals surface area contributed by atoms with Crippen molar-refractivity contribution >= 4 is 11.8 Å². The molecule has 0 aromatic carbocycles. The third-order valence-corrected chi connectivity index (χ3v) is 2.91. The molecule has 0 aliphatic rings. The molecule has 0 aliphatic carbocycles. The Hall–Kier alpha value is -2.17. The van der Waals surface area contributed by atoms with Gasteiger partial charge in [0.25, 0.3) is 0 Å². The van der Waals surface area contributed by atoms with Gasteiger partial charge in [0.15, 0.2) is 0 Å². The summed E-state index contributed by atoms with van der Waals surface area (Å²) in [5, 5.41) is 3.30. The number of nitrogens with one attached hydrogen (secondary N) is 1. The van der Waals surface area contributed by atoms with E-state index in [4.69, 9.17) is 0 Å². The average Bonchev–Trinajstić information content (AvgIpc) is 2.48. The number of hydrogen-bond donors (Lipinski definition) is 1. The van der Waals surface area contributed by atoms with Gasteiger partial charge in [0.05, 0.1) is 0 Å². The summed E-state index contributed by atoms with van der Waals surface area (Å²) in [6.07, 6.45) is 5.37. The zero-order valence-electron chi connectivity index (χ0n) is 11.4. The molecule has 2 aromatic heterocycles. The van der Waals surface area contributed by atoms with Crippen molar-refractivity contribution in [3.8, 4) is 0 Å². The highest BCUT2D eigenvalue weighted by Gasteiger charge is 2.05. The molecule has 1 N–H and O–H groups in total. The van der Waals surface area contributed by atoms with Crippen molar-refractivity contribution in [3.05, 3.63) is 42.4 Å². The van der Waals surface area contributed by atoms with Crippen molar-refractivity contribution in [1.82, 2.24) is 15.0 Å². The van der Waals surface area contributed by atoms with E-state index in [1.165, 1.54) is 5.56 Å².